The third-order valence-electron chi connectivity index (χ3n) is 9.82. The van der Waals surface area contributed by atoms with Crippen molar-refractivity contribution >= 4 is 86.5 Å². The van der Waals surface area contributed by atoms with Crippen molar-refractivity contribution in [3.63, 3.8) is 0 Å². The normalized spacial score (nSPS) is 29.4. The highest BCUT2D eigenvalue weighted by Gasteiger charge is 2.76. The molecule has 3 aromatic rings. The molecule has 2 saturated heterocycles. The van der Waals surface area contributed by atoms with Gasteiger partial charge in [-0.05, 0) is 95.4 Å². The molecule has 4 amide bonds. The molecule has 2 heterocycles. The summed E-state index contributed by atoms with van der Waals surface area (Å²) < 4.78 is 19.6. The molecule has 1 N–H and O–H groups in total. The zero-order chi connectivity index (χ0) is 34.4. The number of hydrogen-bond acceptors (Lipinski definition) is 8. The van der Waals surface area contributed by atoms with Crippen LogP contribution >= 0.6 is 45.8 Å². The molecule has 2 aliphatic carbocycles. The van der Waals surface area contributed by atoms with Gasteiger partial charge in [-0.3, -0.25) is 34.2 Å². The number of allylic oxidation sites excluding steroid dienone is 2. The molecule has 0 aromatic heterocycles. The van der Waals surface area contributed by atoms with Crippen LogP contribution in [0.5, 0.6) is 11.5 Å². The fraction of sp³-hybridized carbons (Fsp3) is 0.273. The number of imide groups is 2. The number of fused-ring (bicyclic) bond motifs is 4. The van der Waals surface area contributed by atoms with Gasteiger partial charge in [0.2, 0.25) is 11.8 Å². The van der Waals surface area contributed by atoms with Gasteiger partial charge in [0, 0.05) is 18.1 Å². The van der Waals surface area contributed by atoms with Gasteiger partial charge in [-0.1, -0.05) is 11.6 Å². The number of phenols is 1. The molecule has 6 atom stereocenters. The van der Waals surface area contributed by atoms with E-state index in [4.69, 9.17) is 27.9 Å². The Morgan fingerprint density at radius 3 is 2.21 bits per heavy atom. The second-order valence-corrected chi connectivity index (χ2v) is 14.5. The molecule has 4 aliphatic rings. The van der Waals surface area contributed by atoms with E-state index in [0.717, 1.165) is 21.9 Å². The standard InChI is InChI=1S/C33H23Cl2FIN3O8/c1-48-24-13-15(12-23(37)27(24)41)26-20-10-11-21-25(29(43)38(28(21)42)17-6-8-19(9-7-17)40(46)47)22(20)14-32(34)30(44)39(31(45)33(26,32)35)18-4-2-16(36)3-5-18/h2-10,12-13,21-22,25-26,41H,11,14H2,1H3. The molecular weight excluding hydrogens is 783 g/mol. The second-order valence-electron chi connectivity index (χ2n) is 12.1. The number of aromatic hydroxyl groups is 1. The SMILES string of the molecule is COc1cc(C2C3=CCC4C(=O)N(c5ccc([N+](=O)[O-])cc5)C(=O)C4C3CC3(Cl)C(=O)N(c4ccc(F)cc4)C(=O)C23Cl)cc(I)c1O. The second kappa shape index (κ2) is 11.2. The third kappa shape index (κ3) is 4.36. The molecule has 11 nitrogen and oxygen atoms in total. The molecular formula is C33H23Cl2FIN3O8. The van der Waals surface area contributed by atoms with E-state index in [1.165, 1.54) is 49.6 Å². The smallest absolute Gasteiger partial charge is 0.269 e. The predicted octanol–water partition coefficient (Wildman–Crippen LogP) is 5.82. The number of anilines is 2. The zero-order valence-corrected chi connectivity index (χ0v) is 28.4. The van der Waals surface area contributed by atoms with Crippen LogP contribution in [0.15, 0.2) is 72.3 Å². The Kier molecular flexibility index (Phi) is 7.60. The first-order chi connectivity index (χ1) is 22.7. The summed E-state index contributed by atoms with van der Waals surface area (Å²) in [5, 5.41) is 21.9. The lowest BCUT2D eigenvalue weighted by molar-refractivity contribution is -0.384. The maximum Gasteiger partial charge on any atom is 0.269 e. The minimum atomic E-state index is -2.16. The van der Waals surface area contributed by atoms with E-state index in [1.807, 2.05) is 22.6 Å². The largest absolute Gasteiger partial charge is 0.504 e. The number of rotatable bonds is 5. The van der Waals surface area contributed by atoms with Crippen molar-refractivity contribution in [1.29, 1.82) is 0 Å². The van der Waals surface area contributed by atoms with E-state index in [1.54, 1.807) is 12.1 Å². The molecule has 0 radical (unpaired) electrons. The summed E-state index contributed by atoms with van der Waals surface area (Å²) >= 11 is 16.6. The number of hydrogen-bond donors (Lipinski definition) is 1. The monoisotopic (exact) mass is 805 g/mol. The number of carbonyl (C=O) groups is 4. The van der Waals surface area contributed by atoms with Gasteiger partial charge < -0.3 is 9.84 Å². The van der Waals surface area contributed by atoms with E-state index in [0.29, 0.717) is 14.7 Å². The van der Waals surface area contributed by atoms with Crippen LogP contribution < -0.4 is 14.5 Å². The first-order valence-corrected chi connectivity index (χ1v) is 16.5. The molecule has 7 rings (SSSR count). The van der Waals surface area contributed by atoms with Gasteiger partial charge in [0.05, 0.1) is 38.8 Å². The molecule has 246 valence electrons. The Labute approximate surface area is 295 Å². The molecule has 3 aromatic carbocycles. The number of methoxy groups -OCH3 is 1. The minimum absolute atomic E-state index is 0.0452. The number of benzene rings is 3. The van der Waals surface area contributed by atoms with Crippen molar-refractivity contribution in [3.05, 3.63) is 97.4 Å². The van der Waals surface area contributed by atoms with Crippen molar-refractivity contribution in [1.82, 2.24) is 0 Å². The Morgan fingerprint density at radius 1 is 0.958 bits per heavy atom. The van der Waals surface area contributed by atoms with Crippen LogP contribution in [-0.4, -0.2) is 50.5 Å². The van der Waals surface area contributed by atoms with Crippen LogP contribution in [0.1, 0.15) is 24.3 Å². The van der Waals surface area contributed by atoms with Gasteiger partial charge in [0.15, 0.2) is 21.2 Å². The van der Waals surface area contributed by atoms with Crippen LogP contribution in [0.25, 0.3) is 0 Å². The van der Waals surface area contributed by atoms with Crippen LogP contribution in [-0.2, 0) is 19.2 Å². The average molecular weight is 806 g/mol. The number of phenolic OH excluding ortho intramolecular Hbond substituents is 1. The Morgan fingerprint density at radius 2 is 1.58 bits per heavy atom. The highest BCUT2D eigenvalue weighted by molar-refractivity contribution is 14.1. The Bertz CT molecular complexity index is 1990. The number of nitrogens with zero attached hydrogens (tertiary/aromatic N) is 3. The maximum absolute atomic E-state index is 14.5. The summed E-state index contributed by atoms with van der Waals surface area (Å²) in [7, 11) is 1.35. The lowest BCUT2D eigenvalue weighted by Crippen LogP contribution is -2.60. The third-order valence-corrected chi connectivity index (χ3v) is 12.1. The summed E-state index contributed by atoms with van der Waals surface area (Å²) in [4.78, 5) is 65.0. The quantitative estimate of drug-likeness (QED) is 0.0848. The topological polar surface area (TPSA) is 147 Å². The molecule has 48 heavy (non-hydrogen) atoms. The Hall–Kier alpha value is -4.08. The van der Waals surface area contributed by atoms with E-state index in [2.05, 4.69) is 0 Å². The van der Waals surface area contributed by atoms with Crippen molar-refractivity contribution in [3.8, 4) is 11.5 Å². The van der Waals surface area contributed by atoms with E-state index < -0.39 is 67.8 Å². The van der Waals surface area contributed by atoms with Crippen molar-refractivity contribution in [2.75, 3.05) is 16.9 Å². The molecule has 6 unspecified atom stereocenters. The Balaban J connectivity index is 1.39. The van der Waals surface area contributed by atoms with Crippen molar-refractivity contribution < 1.29 is 38.3 Å². The molecule has 3 fully saturated rings. The van der Waals surface area contributed by atoms with Crippen LogP contribution in [0, 0.1) is 37.3 Å². The minimum Gasteiger partial charge on any atom is -0.504 e. The molecule has 0 bridgehead atoms. The summed E-state index contributed by atoms with van der Waals surface area (Å²) in [5.41, 5.74) is 0.864. The number of nitro groups is 1. The van der Waals surface area contributed by atoms with Crippen LogP contribution in [0.2, 0.25) is 0 Å². The lowest BCUT2D eigenvalue weighted by Gasteiger charge is -2.50. The number of ether oxygens (including phenoxy) is 1. The average Bonchev–Trinajstić information content (AvgIpc) is 3.40. The van der Waals surface area contributed by atoms with Gasteiger partial charge in [-0.2, -0.15) is 0 Å². The van der Waals surface area contributed by atoms with E-state index in [9.17, 15) is 38.8 Å². The van der Waals surface area contributed by atoms with Crippen molar-refractivity contribution in [2.24, 2.45) is 17.8 Å². The summed E-state index contributed by atoms with van der Waals surface area (Å²) in [6, 6.07) is 12.8. The van der Waals surface area contributed by atoms with Gasteiger partial charge in [0.25, 0.3) is 17.5 Å². The summed E-state index contributed by atoms with van der Waals surface area (Å²) in [6.07, 6.45) is 1.56. The van der Waals surface area contributed by atoms with Gasteiger partial charge in [-0.15, -0.1) is 23.2 Å². The first-order valence-electron chi connectivity index (χ1n) is 14.7. The van der Waals surface area contributed by atoms with E-state index in [-0.39, 0.29) is 41.4 Å². The predicted molar refractivity (Wildman–Crippen MR) is 180 cm³/mol. The number of nitro benzene ring substituents is 1. The molecule has 1 saturated carbocycles. The van der Waals surface area contributed by atoms with Gasteiger partial charge in [-0.25, -0.2) is 9.29 Å². The highest BCUT2D eigenvalue weighted by Crippen LogP contribution is 2.66. The van der Waals surface area contributed by atoms with Gasteiger partial charge in [0.1, 0.15) is 5.82 Å². The maximum atomic E-state index is 14.5. The first kappa shape index (κ1) is 32.5. The zero-order valence-electron chi connectivity index (χ0n) is 24.7. The number of non-ortho nitro benzene ring substituents is 1. The molecule has 0 spiro atoms. The number of alkyl halides is 2. The fourth-order valence-electron chi connectivity index (χ4n) is 7.67. The summed E-state index contributed by atoms with van der Waals surface area (Å²) in [6.45, 7) is 0. The molecule has 2 aliphatic heterocycles. The van der Waals surface area contributed by atoms with E-state index >= 15 is 0 Å². The molecule has 15 heteroatoms. The van der Waals surface area contributed by atoms with Crippen molar-refractivity contribution in [2.45, 2.75) is 28.5 Å². The highest BCUT2D eigenvalue weighted by atomic mass is 127. The number of amides is 4. The number of halogens is 4. The summed E-state index contributed by atoms with van der Waals surface area (Å²) in [5.74, 6) is -7.35. The number of carbonyl (C=O) groups excluding carboxylic acids is 4. The van der Waals surface area contributed by atoms with Gasteiger partial charge >= 0.3 is 0 Å². The van der Waals surface area contributed by atoms with Crippen LogP contribution in [0.4, 0.5) is 21.5 Å². The van der Waals surface area contributed by atoms with Crippen LogP contribution in [0.3, 0.4) is 0 Å². The lowest BCUT2D eigenvalue weighted by atomic mass is 9.56. The fourth-order valence-corrected chi connectivity index (χ4v) is 9.23.